The molecule has 0 saturated carbocycles. The number of nitro benzene ring substituents is 1. The largest absolute Gasteiger partial charge is 0.464 e. The van der Waals surface area contributed by atoms with Gasteiger partial charge in [-0.2, -0.15) is 5.10 Å². The maximum absolute atomic E-state index is 11.3. The van der Waals surface area contributed by atoms with Gasteiger partial charge in [0.15, 0.2) is 0 Å². The lowest BCUT2D eigenvalue weighted by Gasteiger charge is -2.38. The summed E-state index contributed by atoms with van der Waals surface area (Å²) >= 11 is 3.56. The molecule has 156 valence electrons. The van der Waals surface area contributed by atoms with Gasteiger partial charge >= 0.3 is 0 Å². The molecule has 31 heavy (non-hydrogen) atoms. The minimum atomic E-state index is -0.536. The Morgan fingerprint density at radius 3 is 2.71 bits per heavy atom. The van der Waals surface area contributed by atoms with E-state index >= 15 is 0 Å². The molecule has 0 saturated heterocycles. The Morgan fingerprint density at radius 1 is 1.16 bits per heavy atom. The second-order valence-corrected chi connectivity index (χ2v) is 8.62. The molecule has 0 N–H and O–H groups in total. The number of hydrogen-bond donors (Lipinski definition) is 0. The molecule has 2 aliphatic rings. The lowest BCUT2D eigenvalue weighted by atomic mass is 9.95. The highest BCUT2D eigenvalue weighted by Gasteiger charge is 2.41. The summed E-state index contributed by atoms with van der Waals surface area (Å²) in [6.07, 6.45) is 1.20. The average Bonchev–Trinajstić information content (AvgIpc) is 3.24. The quantitative estimate of drug-likeness (QED) is 0.333. The van der Waals surface area contributed by atoms with Crippen LogP contribution < -0.4 is 4.74 Å². The number of non-ortho nitro benzene ring substituents is 1. The molecule has 3 aromatic rings. The number of halogens is 1. The normalized spacial score (nSPS) is 19.3. The first-order valence-electron chi connectivity index (χ1n) is 10.2. The number of rotatable bonds is 4. The lowest BCUT2D eigenvalue weighted by Crippen LogP contribution is -2.33. The van der Waals surface area contributed by atoms with Gasteiger partial charge in [0.25, 0.3) is 5.69 Å². The van der Waals surface area contributed by atoms with E-state index in [-0.39, 0.29) is 16.7 Å². The fourth-order valence-corrected chi connectivity index (χ4v) is 4.56. The van der Waals surface area contributed by atoms with E-state index in [1.807, 2.05) is 23.2 Å². The summed E-state index contributed by atoms with van der Waals surface area (Å²) < 4.78 is 7.29. The molecule has 0 aliphatic carbocycles. The van der Waals surface area contributed by atoms with Crippen LogP contribution in [0, 0.1) is 10.1 Å². The summed E-state index contributed by atoms with van der Waals surface area (Å²) in [6, 6.07) is 21.0. The molecule has 5 rings (SSSR count). The number of nitrogens with zero attached hydrogens (tertiary/aromatic N) is 3. The molecule has 2 heterocycles. The summed E-state index contributed by atoms with van der Waals surface area (Å²) in [5, 5.41) is 18.2. The van der Waals surface area contributed by atoms with Crippen LogP contribution in [-0.2, 0) is 6.42 Å². The molecule has 0 spiro atoms. The molecule has 0 bridgehead atoms. The van der Waals surface area contributed by atoms with Crippen LogP contribution in [-0.4, -0.2) is 15.6 Å². The molecular formula is C24H20BrN3O3. The van der Waals surface area contributed by atoms with Gasteiger partial charge < -0.3 is 4.74 Å². The molecule has 0 radical (unpaired) electrons. The maximum atomic E-state index is 11.3. The number of nitro groups is 1. The number of hydrogen-bond acceptors (Lipinski definition) is 5. The molecule has 0 fully saturated rings. The number of hydrazone groups is 1. The Labute approximate surface area is 188 Å². The Bertz CT molecular complexity index is 1190. The first-order chi connectivity index (χ1) is 15.0. The fraction of sp³-hybridized carbons (Fsp3) is 0.208. The molecule has 2 aliphatic heterocycles. The minimum Gasteiger partial charge on any atom is -0.464 e. The maximum Gasteiger partial charge on any atom is 0.269 e. The van der Waals surface area contributed by atoms with Crippen LogP contribution in [0.1, 0.15) is 47.9 Å². The highest BCUT2D eigenvalue weighted by Crippen LogP contribution is 2.48. The van der Waals surface area contributed by atoms with E-state index in [9.17, 15) is 10.1 Å². The van der Waals surface area contributed by atoms with Gasteiger partial charge in [0.05, 0.1) is 16.7 Å². The molecule has 3 aromatic carbocycles. The van der Waals surface area contributed by atoms with Crippen LogP contribution in [0.5, 0.6) is 5.75 Å². The van der Waals surface area contributed by atoms with Gasteiger partial charge in [0.1, 0.15) is 5.75 Å². The average molecular weight is 478 g/mol. The zero-order valence-corrected chi connectivity index (χ0v) is 18.5. The van der Waals surface area contributed by atoms with Gasteiger partial charge in [0.2, 0.25) is 6.23 Å². The van der Waals surface area contributed by atoms with Crippen molar-refractivity contribution in [3.05, 3.63) is 104 Å². The first-order valence-corrected chi connectivity index (χ1v) is 11.0. The van der Waals surface area contributed by atoms with Crippen molar-refractivity contribution in [3.8, 4) is 5.75 Å². The molecule has 0 amide bonds. The molecule has 7 heteroatoms. The predicted octanol–water partition coefficient (Wildman–Crippen LogP) is 6.16. The number of fused-ring (bicyclic) bond motifs is 3. The van der Waals surface area contributed by atoms with Crippen molar-refractivity contribution in [3.63, 3.8) is 0 Å². The third-order valence-electron chi connectivity index (χ3n) is 5.81. The van der Waals surface area contributed by atoms with E-state index in [2.05, 4.69) is 53.2 Å². The van der Waals surface area contributed by atoms with E-state index in [1.165, 1.54) is 11.6 Å². The molecule has 2 atom stereocenters. The summed E-state index contributed by atoms with van der Waals surface area (Å²) in [4.78, 5) is 10.9. The van der Waals surface area contributed by atoms with Gasteiger partial charge in [-0.3, -0.25) is 10.1 Å². The Balaban J connectivity index is 1.58. The van der Waals surface area contributed by atoms with Crippen LogP contribution in [0.15, 0.2) is 76.3 Å². The Kier molecular flexibility index (Phi) is 4.98. The van der Waals surface area contributed by atoms with Gasteiger partial charge in [-0.1, -0.05) is 59.3 Å². The van der Waals surface area contributed by atoms with Gasteiger partial charge in [0, 0.05) is 34.2 Å². The van der Waals surface area contributed by atoms with Crippen LogP contribution in [0.3, 0.4) is 0 Å². The van der Waals surface area contributed by atoms with Crippen molar-refractivity contribution in [2.24, 2.45) is 5.10 Å². The van der Waals surface area contributed by atoms with Gasteiger partial charge in [-0.05, 0) is 35.7 Å². The van der Waals surface area contributed by atoms with Crippen molar-refractivity contribution in [2.75, 3.05) is 0 Å². The smallest absolute Gasteiger partial charge is 0.269 e. The summed E-state index contributed by atoms with van der Waals surface area (Å²) in [6.45, 7) is 2.14. The molecule has 6 nitrogen and oxygen atoms in total. The SMILES string of the molecule is CCc1ccc(C2=NN3C(C2)c2cc(Br)ccc2OC3c2cccc([N+](=O)[O-])c2)cc1. The Hall–Kier alpha value is -3.19. The third-order valence-corrected chi connectivity index (χ3v) is 6.31. The number of benzene rings is 3. The zero-order chi connectivity index (χ0) is 21.5. The second kappa shape index (κ2) is 7.81. The standard InChI is InChI=1S/C24H20BrN3O3/c1-2-15-6-8-16(9-7-15)21-14-22-20-13-18(25)10-11-23(20)31-24(27(22)26-21)17-4-3-5-19(12-17)28(29)30/h3-13,22,24H,2,14H2,1H3. The molecular weight excluding hydrogens is 458 g/mol. The van der Waals surface area contributed by atoms with Crippen LogP contribution in [0.2, 0.25) is 0 Å². The van der Waals surface area contributed by atoms with Crippen molar-refractivity contribution < 1.29 is 9.66 Å². The summed E-state index contributed by atoms with van der Waals surface area (Å²) in [5.41, 5.74) is 5.16. The monoisotopic (exact) mass is 477 g/mol. The van der Waals surface area contributed by atoms with Crippen LogP contribution in [0.25, 0.3) is 0 Å². The number of ether oxygens (including phenoxy) is 1. The highest BCUT2D eigenvalue weighted by molar-refractivity contribution is 9.10. The van der Waals surface area contributed by atoms with Crippen molar-refractivity contribution in [2.45, 2.75) is 32.0 Å². The zero-order valence-electron chi connectivity index (χ0n) is 16.9. The van der Waals surface area contributed by atoms with Crippen molar-refractivity contribution in [1.82, 2.24) is 5.01 Å². The lowest BCUT2D eigenvalue weighted by molar-refractivity contribution is -0.385. The van der Waals surface area contributed by atoms with E-state index in [1.54, 1.807) is 12.1 Å². The molecule has 0 aromatic heterocycles. The Morgan fingerprint density at radius 2 is 1.97 bits per heavy atom. The van der Waals surface area contributed by atoms with Gasteiger partial charge in [-0.15, -0.1) is 0 Å². The molecule has 2 unspecified atom stereocenters. The number of aryl methyl sites for hydroxylation is 1. The third kappa shape index (κ3) is 3.59. The second-order valence-electron chi connectivity index (χ2n) is 7.70. The summed E-state index contributed by atoms with van der Waals surface area (Å²) in [5.74, 6) is 0.777. The van der Waals surface area contributed by atoms with E-state index < -0.39 is 6.23 Å². The topological polar surface area (TPSA) is 68.0 Å². The minimum absolute atomic E-state index is 0.00800. The van der Waals surface area contributed by atoms with E-state index in [0.717, 1.165) is 39.9 Å². The fourth-order valence-electron chi connectivity index (χ4n) is 4.18. The highest BCUT2D eigenvalue weighted by atomic mass is 79.9. The van der Waals surface area contributed by atoms with E-state index in [4.69, 9.17) is 9.84 Å². The van der Waals surface area contributed by atoms with E-state index in [0.29, 0.717) is 5.56 Å². The van der Waals surface area contributed by atoms with Crippen LogP contribution >= 0.6 is 15.9 Å². The first kappa shape index (κ1) is 19.8. The summed E-state index contributed by atoms with van der Waals surface area (Å²) in [7, 11) is 0. The van der Waals surface area contributed by atoms with Crippen LogP contribution in [0.4, 0.5) is 5.69 Å². The van der Waals surface area contributed by atoms with Crippen molar-refractivity contribution in [1.29, 1.82) is 0 Å². The van der Waals surface area contributed by atoms with Gasteiger partial charge in [-0.25, -0.2) is 5.01 Å². The van der Waals surface area contributed by atoms with Crippen molar-refractivity contribution >= 4 is 27.3 Å². The predicted molar refractivity (Wildman–Crippen MR) is 122 cm³/mol.